The minimum atomic E-state index is -1.53. The number of ether oxygens (including phenoxy) is 2. The highest BCUT2D eigenvalue weighted by atomic mass is 16.6. The lowest BCUT2D eigenvalue weighted by molar-refractivity contribution is -0.174. The van der Waals surface area contributed by atoms with E-state index in [1.54, 1.807) is 0 Å². The van der Waals surface area contributed by atoms with Crippen LogP contribution in [0.1, 0.15) is 44.5 Å². The van der Waals surface area contributed by atoms with Gasteiger partial charge in [0.15, 0.2) is 0 Å². The number of hydrogen-bond acceptors (Lipinski definition) is 4. The molecule has 28 heavy (non-hydrogen) atoms. The molecule has 142 valence electrons. The Morgan fingerprint density at radius 3 is 1.43 bits per heavy atom. The molecule has 2 N–H and O–H groups in total. The maximum absolute atomic E-state index is 11.4. The van der Waals surface area contributed by atoms with Gasteiger partial charge in [-0.1, -0.05) is 65.7 Å². The van der Waals surface area contributed by atoms with E-state index in [9.17, 15) is 10.2 Å². The zero-order chi connectivity index (χ0) is 19.5. The second-order valence-corrected chi connectivity index (χ2v) is 7.76. The van der Waals surface area contributed by atoms with Crippen molar-refractivity contribution in [1.82, 2.24) is 0 Å². The minimum absolute atomic E-state index is 0.315. The molecule has 0 aliphatic carbocycles. The lowest BCUT2D eigenvalue weighted by Gasteiger charge is -2.27. The summed E-state index contributed by atoms with van der Waals surface area (Å²) in [6.07, 6.45) is 0. The molecule has 4 nitrogen and oxygen atoms in total. The van der Waals surface area contributed by atoms with Crippen LogP contribution in [0.25, 0.3) is 0 Å². The molecule has 0 saturated carbocycles. The van der Waals surface area contributed by atoms with Crippen molar-refractivity contribution in [2.75, 3.05) is 0 Å². The van der Waals surface area contributed by atoms with Gasteiger partial charge >= 0.3 is 0 Å². The van der Waals surface area contributed by atoms with E-state index in [-0.39, 0.29) is 0 Å². The van der Waals surface area contributed by atoms with Gasteiger partial charge in [-0.15, -0.1) is 0 Å². The second kappa shape index (κ2) is 6.00. The first-order valence-electron chi connectivity index (χ1n) is 9.44. The van der Waals surface area contributed by atoms with Gasteiger partial charge in [-0.25, -0.2) is 0 Å². The average molecular weight is 374 g/mol. The maximum atomic E-state index is 11.4. The van der Waals surface area contributed by atoms with Crippen molar-refractivity contribution < 1.29 is 19.7 Å². The smallest absolute Gasteiger partial charge is 0.220 e. The van der Waals surface area contributed by atoms with E-state index in [0.717, 1.165) is 22.3 Å². The number of fused-ring (bicyclic) bond motifs is 2. The zero-order valence-electron chi connectivity index (χ0n) is 15.9. The topological polar surface area (TPSA) is 58.9 Å². The van der Waals surface area contributed by atoms with E-state index in [1.165, 1.54) is 0 Å². The van der Waals surface area contributed by atoms with Crippen LogP contribution in [-0.2, 0) is 34.3 Å². The molecule has 3 aromatic rings. The quantitative estimate of drug-likeness (QED) is 0.717. The van der Waals surface area contributed by atoms with E-state index in [4.69, 9.17) is 9.47 Å². The molecule has 0 saturated heterocycles. The fourth-order valence-electron chi connectivity index (χ4n) is 4.12. The van der Waals surface area contributed by atoms with Crippen molar-refractivity contribution >= 4 is 0 Å². The van der Waals surface area contributed by atoms with E-state index in [0.29, 0.717) is 35.5 Å². The molecule has 0 aromatic heterocycles. The standard InChI is InChI=1S/C24H22O4/c1-15-3-7-19(8-4-15)23(25)21-12-22-18(11-17(21)13-27-23)14-28-24(22,26)20-9-5-16(2)6-10-20/h3-12,25-26H,13-14H2,1-2H3. The predicted octanol–water partition coefficient (Wildman–Crippen LogP) is 3.75. The van der Waals surface area contributed by atoms with Crippen LogP contribution in [0.5, 0.6) is 0 Å². The van der Waals surface area contributed by atoms with Gasteiger partial charge in [-0.2, -0.15) is 0 Å². The molecular formula is C24H22O4. The van der Waals surface area contributed by atoms with Crippen molar-refractivity contribution in [3.8, 4) is 0 Å². The fourth-order valence-corrected chi connectivity index (χ4v) is 4.12. The molecule has 2 aliphatic rings. The van der Waals surface area contributed by atoms with E-state index in [1.807, 2.05) is 74.5 Å². The van der Waals surface area contributed by atoms with Gasteiger partial charge in [-0.05, 0) is 31.0 Å². The summed E-state index contributed by atoms with van der Waals surface area (Å²) in [6, 6.07) is 19.1. The molecule has 4 heteroatoms. The van der Waals surface area contributed by atoms with Crippen molar-refractivity contribution in [1.29, 1.82) is 0 Å². The van der Waals surface area contributed by atoms with Crippen LogP contribution in [0.4, 0.5) is 0 Å². The van der Waals surface area contributed by atoms with Crippen LogP contribution in [0.15, 0.2) is 60.7 Å². The molecule has 3 aromatic carbocycles. The van der Waals surface area contributed by atoms with Gasteiger partial charge < -0.3 is 19.7 Å². The molecule has 0 fully saturated rings. The molecule has 2 heterocycles. The minimum Gasteiger partial charge on any atom is -0.358 e. The third-order valence-electron chi connectivity index (χ3n) is 5.82. The number of aryl methyl sites for hydroxylation is 2. The highest BCUT2D eigenvalue weighted by molar-refractivity contribution is 5.51. The molecule has 2 atom stereocenters. The lowest BCUT2D eigenvalue weighted by Crippen LogP contribution is -2.29. The summed E-state index contributed by atoms with van der Waals surface area (Å²) in [6.45, 7) is 4.64. The zero-order valence-corrected chi connectivity index (χ0v) is 15.9. The Morgan fingerprint density at radius 1 is 0.643 bits per heavy atom. The van der Waals surface area contributed by atoms with Crippen molar-refractivity contribution in [3.63, 3.8) is 0 Å². The van der Waals surface area contributed by atoms with Crippen LogP contribution in [0.3, 0.4) is 0 Å². The molecule has 2 unspecified atom stereocenters. The van der Waals surface area contributed by atoms with Crippen LogP contribution in [0.2, 0.25) is 0 Å². The molecule has 2 aliphatic heterocycles. The number of rotatable bonds is 2. The molecular weight excluding hydrogens is 352 g/mol. The summed E-state index contributed by atoms with van der Waals surface area (Å²) in [5, 5.41) is 22.7. The Bertz CT molecular complexity index is 972. The first-order chi connectivity index (χ1) is 13.4. The second-order valence-electron chi connectivity index (χ2n) is 7.76. The molecule has 5 rings (SSSR count). The largest absolute Gasteiger partial charge is 0.358 e. The number of aliphatic hydroxyl groups is 2. The van der Waals surface area contributed by atoms with Crippen LogP contribution < -0.4 is 0 Å². The third kappa shape index (κ3) is 2.46. The Hall–Kier alpha value is -2.50. The molecule has 0 spiro atoms. The van der Waals surface area contributed by atoms with Crippen LogP contribution in [-0.4, -0.2) is 10.2 Å². The first-order valence-corrected chi connectivity index (χ1v) is 9.44. The van der Waals surface area contributed by atoms with Gasteiger partial charge in [-0.3, -0.25) is 0 Å². The fraction of sp³-hybridized carbons (Fsp3) is 0.250. The van der Waals surface area contributed by atoms with Gasteiger partial charge in [0, 0.05) is 22.3 Å². The summed E-state index contributed by atoms with van der Waals surface area (Å²) in [5.74, 6) is -3.07. The molecule has 0 bridgehead atoms. The monoisotopic (exact) mass is 374 g/mol. The summed E-state index contributed by atoms with van der Waals surface area (Å²) in [7, 11) is 0. The average Bonchev–Trinajstić information content (AvgIpc) is 3.21. The van der Waals surface area contributed by atoms with Crippen LogP contribution >= 0.6 is 0 Å². The van der Waals surface area contributed by atoms with Gasteiger partial charge in [0.25, 0.3) is 0 Å². The van der Waals surface area contributed by atoms with Crippen molar-refractivity contribution in [2.24, 2.45) is 0 Å². The third-order valence-corrected chi connectivity index (χ3v) is 5.82. The normalized spacial score (nSPS) is 25.6. The Morgan fingerprint density at radius 2 is 1.04 bits per heavy atom. The van der Waals surface area contributed by atoms with Crippen molar-refractivity contribution in [3.05, 3.63) is 105 Å². The highest BCUT2D eigenvalue weighted by Gasteiger charge is 2.46. The van der Waals surface area contributed by atoms with E-state index in [2.05, 4.69) is 0 Å². The van der Waals surface area contributed by atoms with Gasteiger partial charge in [0.1, 0.15) is 0 Å². The Labute approximate surface area is 164 Å². The predicted molar refractivity (Wildman–Crippen MR) is 104 cm³/mol. The van der Waals surface area contributed by atoms with Gasteiger partial charge in [0.05, 0.1) is 13.2 Å². The van der Waals surface area contributed by atoms with Gasteiger partial charge in [0.2, 0.25) is 11.6 Å². The first kappa shape index (κ1) is 17.6. The van der Waals surface area contributed by atoms with Crippen LogP contribution in [0, 0.1) is 13.8 Å². The summed E-state index contributed by atoms with van der Waals surface area (Å²) in [4.78, 5) is 0. The summed E-state index contributed by atoms with van der Waals surface area (Å²) < 4.78 is 11.7. The Balaban J connectivity index is 1.64. The number of benzene rings is 3. The molecule has 0 amide bonds. The highest BCUT2D eigenvalue weighted by Crippen LogP contribution is 2.46. The maximum Gasteiger partial charge on any atom is 0.220 e. The Kier molecular flexibility index (Phi) is 3.77. The number of hydrogen-bond donors (Lipinski definition) is 2. The molecule has 0 radical (unpaired) electrons. The van der Waals surface area contributed by atoms with Crippen molar-refractivity contribution in [2.45, 2.75) is 38.6 Å². The lowest BCUT2D eigenvalue weighted by atomic mass is 9.88. The summed E-state index contributed by atoms with van der Waals surface area (Å²) in [5.41, 5.74) is 6.72. The van der Waals surface area contributed by atoms with E-state index < -0.39 is 11.6 Å². The SMILES string of the molecule is Cc1ccc(C2(O)OCc3cc4c(cc32)C(O)(c2ccc(C)cc2)OC4)cc1. The summed E-state index contributed by atoms with van der Waals surface area (Å²) >= 11 is 0. The van der Waals surface area contributed by atoms with E-state index >= 15 is 0 Å².